The van der Waals surface area contributed by atoms with Gasteiger partial charge in [0.2, 0.25) is 10.0 Å². The molecule has 1 aliphatic rings. The summed E-state index contributed by atoms with van der Waals surface area (Å²) < 4.78 is 28.0. The van der Waals surface area contributed by atoms with Crippen LogP contribution >= 0.6 is 0 Å². The second kappa shape index (κ2) is 6.98. The summed E-state index contributed by atoms with van der Waals surface area (Å²) in [6.45, 7) is 5.83. The van der Waals surface area contributed by atoms with Gasteiger partial charge < -0.3 is 4.90 Å². The Bertz CT molecular complexity index is 1060. The number of fused-ring (bicyclic) bond motifs is 1. The zero-order chi connectivity index (χ0) is 19.0. The van der Waals surface area contributed by atoms with Crippen LogP contribution in [0.4, 0.5) is 5.69 Å². The first kappa shape index (κ1) is 18.0. The highest BCUT2D eigenvalue weighted by molar-refractivity contribution is 7.89. The van der Waals surface area contributed by atoms with Crippen LogP contribution in [0.25, 0.3) is 10.8 Å². The molecule has 0 spiro atoms. The lowest BCUT2D eigenvalue weighted by Gasteiger charge is -2.40. The van der Waals surface area contributed by atoms with Crippen molar-refractivity contribution in [2.75, 3.05) is 24.5 Å². The van der Waals surface area contributed by atoms with E-state index in [4.69, 9.17) is 0 Å². The fourth-order valence-electron chi connectivity index (χ4n) is 3.74. The molecular weight excluding hydrogens is 356 g/mol. The van der Waals surface area contributed by atoms with Gasteiger partial charge in [0.15, 0.2) is 0 Å². The monoisotopic (exact) mass is 380 g/mol. The summed E-state index contributed by atoms with van der Waals surface area (Å²) in [4.78, 5) is 2.66. The maximum Gasteiger partial charge on any atom is 0.243 e. The summed E-state index contributed by atoms with van der Waals surface area (Å²) in [6.07, 6.45) is 0. The molecule has 1 aliphatic heterocycles. The number of hydrogen-bond donors (Lipinski definition) is 0. The number of nitrogens with zero attached hydrogens (tertiary/aromatic N) is 2. The molecule has 3 aromatic rings. The minimum Gasteiger partial charge on any atom is -0.366 e. The van der Waals surface area contributed by atoms with Gasteiger partial charge in [0, 0.05) is 31.4 Å². The first-order chi connectivity index (χ1) is 12.9. The molecule has 0 aromatic heterocycles. The second-order valence-corrected chi connectivity index (χ2v) is 9.19. The summed E-state index contributed by atoms with van der Waals surface area (Å²) in [7, 11) is -3.49. The van der Waals surface area contributed by atoms with E-state index in [9.17, 15) is 8.42 Å². The number of piperazine rings is 1. The summed E-state index contributed by atoms with van der Waals surface area (Å²) in [5, 5.41) is 2.00. The Morgan fingerprint density at radius 1 is 0.889 bits per heavy atom. The van der Waals surface area contributed by atoms with E-state index < -0.39 is 10.0 Å². The summed E-state index contributed by atoms with van der Waals surface area (Å²) in [5.74, 6) is 0. The van der Waals surface area contributed by atoms with Crippen LogP contribution in [0, 0.1) is 6.92 Å². The minimum atomic E-state index is -3.49. The number of anilines is 1. The van der Waals surface area contributed by atoms with Gasteiger partial charge in [0.1, 0.15) is 0 Å². The normalized spacial score (nSPS) is 18.7. The van der Waals surface area contributed by atoms with Crippen molar-refractivity contribution in [2.24, 2.45) is 0 Å². The van der Waals surface area contributed by atoms with E-state index >= 15 is 0 Å². The molecule has 1 fully saturated rings. The summed E-state index contributed by atoms with van der Waals surface area (Å²) >= 11 is 0. The van der Waals surface area contributed by atoms with Crippen molar-refractivity contribution in [2.45, 2.75) is 24.8 Å². The zero-order valence-electron chi connectivity index (χ0n) is 15.7. The van der Waals surface area contributed by atoms with Crippen molar-refractivity contribution >= 4 is 26.5 Å². The first-order valence-electron chi connectivity index (χ1n) is 9.27. The molecule has 1 unspecified atom stereocenters. The third kappa shape index (κ3) is 3.45. The fraction of sp³-hybridized carbons (Fsp3) is 0.273. The lowest BCUT2D eigenvalue weighted by Crippen LogP contribution is -2.53. The van der Waals surface area contributed by atoms with Gasteiger partial charge in [-0.05, 0) is 48.9 Å². The fourth-order valence-corrected chi connectivity index (χ4v) is 5.29. The second-order valence-electron chi connectivity index (χ2n) is 7.25. The van der Waals surface area contributed by atoms with Crippen LogP contribution in [0.5, 0.6) is 0 Å². The van der Waals surface area contributed by atoms with Gasteiger partial charge in [0.25, 0.3) is 0 Å². The Balaban J connectivity index is 1.57. The molecule has 0 aliphatic carbocycles. The number of benzene rings is 3. The van der Waals surface area contributed by atoms with Crippen LogP contribution in [-0.2, 0) is 10.0 Å². The summed E-state index contributed by atoms with van der Waals surface area (Å²) in [6, 6.07) is 21.8. The molecule has 3 aromatic carbocycles. The van der Waals surface area contributed by atoms with Crippen LogP contribution in [-0.4, -0.2) is 38.4 Å². The van der Waals surface area contributed by atoms with Gasteiger partial charge in [0.05, 0.1) is 4.90 Å². The standard InChI is InChI=1S/C22H24N2O2S/c1-17-7-10-21(11-8-17)24-14-13-23(16-18(24)2)27(25,26)22-12-9-19-5-3-4-6-20(19)15-22/h3-12,15,18H,13-14,16H2,1-2H3. The van der Waals surface area contributed by atoms with E-state index in [0.717, 1.165) is 16.5 Å². The van der Waals surface area contributed by atoms with E-state index in [1.165, 1.54) is 5.56 Å². The molecule has 0 N–H and O–H groups in total. The van der Waals surface area contributed by atoms with E-state index in [0.29, 0.717) is 24.5 Å². The highest BCUT2D eigenvalue weighted by Gasteiger charge is 2.32. The number of aryl methyl sites for hydroxylation is 1. The van der Waals surface area contributed by atoms with Crippen LogP contribution in [0.15, 0.2) is 71.6 Å². The quantitative estimate of drug-likeness (QED) is 0.688. The van der Waals surface area contributed by atoms with Crippen LogP contribution in [0.2, 0.25) is 0 Å². The maximum atomic E-state index is 13.2. The van der Waals surface area contributed by atoms with Crippen molar-refractivity contribution in [3.05, 3.63) is 72.3 Å². The average molecular weight is 381 g/mol. The number of sulfonamides is 1. The molecule has 0 amide bonds. The van der Waals surface area contributed by atoms with Crippen LogP contribution < -0.4 is 4.90 Å². The minimum absolute atomic E-state index is 0.122. The van der Waals surface area contributed by atoms with Crippen molar-refractivity contribution in [1.82, 2.24) is 4.31 Å². The van der Waals surface area contributed by atoms with Gasteiger partial charge in [-0.3, -0.25) is 0 Å². The topological polar surface area (TPSA) is 40.6 Å². The smallest absolute Gasteiger partial charge is 0.243 e. The van der Waals surface area contributed by atoms with Crippen molar-refractivity contribution in [1.29, 1.82) is 0 Å². The Morgan fingerprint density at radius 3 is 2.30 bits per heavy atom. The molecule has 4 nitrogen and oxygen atoms in total. The van der Waals surface area contributed by atoms with E-state index in [2.05, 4.69) is 43.0 Å². The van der Waals surface area contributed by atoms with Crippen LogP contribution in [0.1, 0.15) is 12.5 Å². The van der Waals surface area contributed by atoms with Gasteiger partial charge in [-0.2, -0.15) is 4.31 Å². The zero-order valence-corrected chi connectivity index (χ0v) is 16.5. The molecule has 1 atom stereocenters. The van der Waals surface area contributed by atoms with Gasteiger partial charge in [-0.1, -0.05) is 48.0 Å². The van der Waals surface area contributed by atoms with E-state index in [1.807, 2.05) is 30.3 Å². The van der Waals surface area contributed by atoms with Crippen molar-refractivity contribution in [3.8, 4) is 0 Å². The number of hydrogen-bond acceptors (Lipinski definition) is 3. The lowest BCUT2D eigenvalue weighted by molar-refractivity contribution is 0.342. The number of rotatable bonds is 3. The predicted octanol–water partition coefficient (Wildman–Crippen LogP) is 4.05. The maximum absolute atomic E-state index is 13.2. The van der Waals surface area contributed by atoms with Crippen molar-refractivity contribution in [3.63, 3.8) is 0 Å². The molecule has 5 heteroatoms. The molecule has 0 saturated carbocycles. The Morgan fingerprint density at radius 2 is 1.59 bits per heavy atom. The molecular formula is C22H24N2O2S. The highest BCUT2D eigenvalue weighted by atomic mass is 32.2. The first-order valence-corrected chi connectivity index (χ1v) is 10.7. The summed E-state index contributed by atoms with van der Waals surface area (Å²) in [5.41, 5.74) is 2.37. The third-order valence-corrected chi connectivity index (χ3v) is 7.18. The van der Waals surface area contributed by atoms with Gasteiger partial charge in [-0.25, -0.2) is 8.42 Å². The largest absolute Gasteiger partial charge is 0.366 e. The van der Waals surface area contributed by atoms with Crippen molar-refractivity contribution < 1.29 is 8.42 Å². The Labute approximate surface area is 161 Å². The highest BCUT2D eigenvalue weighted by Crippen LogP contribution is 2.26. The van der Waals surface area contributed by atoms with Gasteiger partial charge in [-0.15, -0.1) is 0 Å². The molecule has 4 rings (SSSR count). The molecule has 0 bridgehead atoms. The Kier molecular flexibility index (Phi) is 4.66. The molecule has 1 heterocycles. The molecule has 0 radical (unpaired) electrons. The molecule has 1 saturated heterocycles. The van der Waals surface area contributed by atoms with Crippen LogP contribution in [0.3, 0.4) is 0 Å². The third-order valence-electron chi connectivity index (χ3n) is 5.31. The van der Waals surface area contributed by atoms with E-state index in [-0.39, 0.29) is 6.04 Å². The Hall–Kier alpha value is -2.37. The lowest BCUT2D eigenvalue weighted by atomic mass is 10.1. The molecule has 27 heavy (non-hydrogen) atoms. The predicted molar refractivity (Wildman–Crippen MR) is 111 cm³/mol. The average Bonchev–Trinajstić information content (AvgIpc) is 2.68. The van der Waals surface area contributed by atoms with Gasteiger partial charge >= 0.3 is 0 Å². The molecule has 140 valence electrons. The SMILES string of the molecule is Cc1ccc(N2CCN(S(=O)(=O)c3ccc4ccccc4c3)CC2C)cc1. The van der Waals surface area contributed by atoms with E-state index in [1.54, 1.807) is 16.4 Å².